The molecular formula is C24H24FN7O2. The summed E-state index contributed by atoms with van der Waals surface area (Å²) >= 11 is 0. The summed E-state index contributed by atoms with van der Waals surface area (Å²) in [6.07, 6.45) is 5.61. The molecule has 1 aliphatic heterocycles. The van der Waals surface area contributed by atoms with Crippen molar-refractivity contribution in [2.45, 2.75) is 18.9 Å². The summed E-state index contributed by atoms with van der Waals surface area (Å²) in [5, 5.41) is 0.628. The molecule has 0 saturated carbocycles. The van der Waals surface area contributed by atoms with Crippen molar-refractivity contribution in [3.63, 3.8) is 0 Å². The molecule has 2 N–H and O–H groups in total. The molecule has 5 rings (SSSR count). The van der Waals surface area contributed by atoms with Crippen molar-refractivity contribution in [2.75, 3.05) is 32.9 Å². The Labute approximate surface area is 194 Å². The van der Waals surface area contributed by atoms with E-state index in [1.165, 1.54) is 18.5 Å². The number of carbonyl (C=O) groups is 1. The first-order valence-corrected chi connectivity index (χ1v) is 11.0. The van der Waals surface area contributed by atoms with Gasteiger partial charge in [-0.25, -0.2) is 19.2 Å². The molecule has 34 heavy (non-hydrogen) atoms. The smallest absolute Gasteiger partial charge is 0.319 e. The van der Waals surface area contributed by atoms with Gasteiger partial charge in [-0.1, -0.05) is 0 Å². The lowest BCUT2D eigenvalue weighted by molar-refractivity contribution is 0.148. The summed E-state index contributed by atoms with van der Waals surface area (Å²) < 4.78 is 16.7. The van der Waals surface area contributed by atoms with Crippen LogP contribution in [0.15, 0.2) is 47.7 Å². The highest BCUT2D eigenvalue weighted by Gasteiger charge is 2.27. The third kappa shape index (κ3) is 3.70. The van der Waals surface area contributed by atoms with Crippen molar-refractivity contribution < 1.29 is 9.18 Å². The van der Waals surface area contributed by atoms with Crippen LogP contribution < -0.4 is 11.3 Å². The molecule has 0 unspecified atom stereocenters. The number of pyridine rings is 2. The number of rotatable bonds is 2. The van der Waals surface area contributed by atoms with E-state index in [2.05, 4.69) is 15.0 Å². The highest BCUT2D eigenvalue weighted by atomic mass is 19.1. The maximum atomic E-state index is 15.0. The zero-order valence-electron chi connectivity index (χ0n) is 18.9. The summed E-state index contributed by atoms with van der Waals surface area (Å²) in [6.45, 7) is 1.08. The number of carbonyl (C=O) groups excluding carboxylic acids is 1. The van der Waals surface area contributed by atoms with Crippen LogP contribution in [-0.4, -0.2) is 62.5 Å². The predicted molar refractivity (Wildman–Crippen MR) is 128 cm³/mol. The van der Waals surface area contributed by atoms with Crippen molar-refractivity contribution in [3.05, 3.63) is 59.0 Å². The monoisotopic (exact) mass is 461 g/mol. The molecule has 1 aromatic carbocycles. The lowest BCUT2D eigenvalue weighted by atomic mass is 10.0. The van der Waals surface area contributed by atoms with E-state index in [0.29, 0.717) is 64.8 Å². The van der Waals surface area contributed by atoms with Crippen molar-refractivity contribution in [1.82, 2.24) is 29.3 Å². The Hall–Kier alpha value is -4.08. The van der Waals surface area contributed by atoms with Crippen LogP contribution in [0.3, 0.4) is 0 Å². The topological polar surface area (TPSA) is 110 Å². The Morgan fingerprint density at radius 1 is 1.06 bits per heavy atom. The number of likely N-dealkylation sites (tertiary alicyclic amines) is 1. The third-order valence-electron chi connectivity index (χ3n) is 6.28. The fourth-order valence-electron chi connectivity index (χ4n) is 4.58. The van der Waals surface area contributed by atoms with Crippen LogP contribution >= 0.6 is 0 Å². The fourth-order valence-corrected chi connectivity index (χ4v) is 4.58. The predicted octanol–water partition coefficient (Wildman–Crippen LogP) is 3.05. The van der Waals surface area contributed by atoms with Gasteiger partial charge < -0.3 is 20.1 Å². The molecule has 2 amide bonds. The molecule has 4 heterocycles. The first kappa shape index (κ1) is 21.7. The number of hydrogen-bond acceptors (Lipinski definition) is 6. The van der Waals surface area contributed by atoms with Crippen LogP contribution in [0.5, 0.6) is 0 Å². The molecule has 0 bridgehead atoms. The second-order valence-electron chi connectivity index (χ2n) is 8.67. The number of hydrogen-bond donors (Lipinski definition) is 1. The number of benzene rings is 1. The standard InChI is InChI=1S/C24H24FN7O2/c1-30(2)24(34)31-7-5-15(6-8-31)32-22(33)13-28-20-12-27-19-10-18(25)16(9-17(19)23(20)32)14-3-4-21(26)29-11-14/h3-4,9-13,15H,5-8H2,1-2H3,(H2,26,29). The normalized spacial score (nSPS) is 14.6. The molecule has 174 valence electrons. The van der Waals surface area contributed by atoms with Crippen LogP contribution in [0.1, 0.15) is 18.9 Å². The molecule has 9 nitrogen and oxygen atoms in total. The van der Waals surface area contributed by atoms with Crippen LogP contribution in [0.25, 0.3) is 33.1 Å². The van der Waals surface area contributed by atoms with Crippen molar-refractivity contribution in [2.24, 2.45) is 0 Å². The van der Waals surface area contributed by atoms with Crippen LogP contribution in [-0.2, 0) is 0 Å². The van der Waals surface area contributed by atoms with Gasteiger partial charge in [-0.2, -0.15) is 0 Å². The molecule has 0 atom stereocenters. The number of fused-ring (bicyclic) bond motifs is 3. The molecule has 0 aliphatic carbocycles. The summed E-state index contributed by atoms with van der Waals surface area (Å²) in [4.78, 5) is 41.5. The highest BCUT2D eigenvalue weighted by Crippen LogP contribution is 2.32. The van der Waals surface area contributed by atoms with Crippen molar-refractivity contribution in [1.29, 1.82) is 0 Å². The fraction of sp³-hybridized carbons (Fsp3) is 0.292. The van der Waals surface area contributed by atoms with E-state index < -0.39 is 5.82 Å². The summed E-state index contributed by atoms with van der Waals surface area (Å²) in [5.41, 5.74) is 7.94. The summed E-state index contributed by atoms with van der Waals surface area (Å²) in [5.74, 6) is -0.103. The van der Waals surface area contributed by atoms with Gasteiger partial charge in [0.05, 0.1) is 23.4 Å². The second-order valence-corrected chi connectivity index (χ2v) is 8.67. The number of piperidine rings is 1. The minimum atomic E-state index is -0.445. The SMILES string of the molecule is CN(C)C(=O)N1CCC(n2c(=O)cnc3cnc4cc(F)c(-c5ccc(N)nc5)cc4c32)CC1. The number of nitrogens with zero attached hydrogens (tertiary/aromatic N) is 6. The van der Waals surface area contributed by atoms with Gasteiger partial charge in [0.1, 0.15) is 17.2 Å². The van der Waals surface area contributed by atoms with Gasteiger partial charge in [0.2, 0.25) is 0 Å². The second kappa shape index (κ2) is 8.36. The largest absolute Gasteiger partial charge is 0.384 e. The van der Waals surface area contributed by atoms with E-state index >= 15 is 0 Å². The minimum absolute atomic E-state index is 0.0442. The Morgan fingerprint density at radius 3 is 2.47 bits per heavy atom. The van der Waals surface area contributed by atoms with Gasteiger partial charge in [-0.15, -0.1) is 0 Å². The molecule has 0 radical (unpaired) electrons. The number of halogens is 1. The Morgan fingerprint density at radius 2 is 1.79 bits per heavy atom. The highest BCUT2D eigenvalue weighted by molar-refractivity contribution is 6.03. The Bertz CT molecular complexity index is 1460. The van der Waals surface area contributed by atoms with E-state index in [1.54, 1.807) is 52.9 Å². The number of nitrogens with two attached hydrogens (primary N) is 1. The van der Waals surface area contributed by atoms with Gasteiger partial charge in [-0.3, -0.25) is 9.78 Å². The molecule has 1 fully saturated rings. The van der Waals surface area contributed by atoms with Crippen LogP contribution in [0, 0.1) is 5.82 Å². The number of aromatic nitrogens is 4. The lowest BCUT2D eigenvalue weighted by Crippen LogP contribution is -2.45. The van der Waals surface area contributed by atoms with Crippen LogP contribution in [0.4, 0.5) is 15.0 Å². The maximum absolute atomic E-state index is 15.0. The van der Waals surface area contributed by atoms with E-state index in [9.17, 15) is 14.0 Å². The molecule has 10 heteroatoms. The molecule has 4 aromatic rings. The number of anilines is 1. The van der Waals surface area contributed by atoms with Gasteiger partial charge in [0.25, 0.3) is 5.56 Å². The van der Waals surface area contributed by atoms with Crippen LogP contribution in [0.2, 0.25) is 0 Å². The summed E-state index contributed by atoms with van der Waals surface area (Å²) in [7, 11) is 3.45. The van der Waals surface area contributed by atoms with E-state index in [4.69, 9.17) is 5.73 Å². The van der Waals surface area contributed by atoms with Gasteiger partial charge in [0, 0.05) is 62.0 Å². The molecule has 0 spiro atoms. The van der Waals surface area contributed by atoms with Crippen molar-refractivity contribution >= 4 is 33.8 Å². The molecule has 3 aromatic heterocycles. The zero-order chi connectivity index (χ0) is 24.0. The van der Waals surface area contributed by atoms with Gasteiger partial charge in [0.15, 0.2) is 0 Å². The zero-order valence-corrected chi connectivity index (χ0v) is 18.9. The Balaban J connectivity index is 1.65. The first-order valence-electron chi connectivity index (χ1n) is 11.0. The Kier molecular flexibility index (Phi) is 5.35. The average Bonchev–Trinajstić information content (AvgIpc) is 2.83. The maximum Gasteiger partial charge on any atom is 0.319 e. The minimum Gasteiger partial charge on any atom is -0.384 e. The third-order valence-corrected chi connectivity index (χ3v) is 6.28. The lowest BCUT2D eigenvalue weighted by Gasteiger charge is -2.34. The van der Waals surface area contributed by atoms with Gasteiger partial charge in [-0.05, 0) is 31.0 Å². The molecule has 1 saturated heterocycles. The number of urea groups is 1. The van der Waals surface area contributed by atoms with E-state index in [0.717, 1.165) is 0 Å². The van der Waals surface area contributed by atoms with E-state index in [-0.39, 0.29) is 17.6 Å². The molecular weight excluding hydrogens is 437 g/mol. The molecule has 1 aliphatic rings. The summed E-state index contributed by atoms with van der Waals surface area (Å²) in [6, 6.07) is 6.20. The average molecular weight is 462 g/mol. The van der Waals surface area contributed by atoms with Gasteiger partial charge >= 0.3 is 6.03 Å². The van der Waals surface area contributed by atoms with Crippen molar-refractivity contribution in [3.8, 4) is 11.1 Å². The first-order chi connectivity index (χ1) is 16.3. The van der Waals surface area contributed by atoms with E-state index in [1.807, 2.05) is 0 Å². The number of amides is 2. The quantitative estimate of drug-likeness (QED) is 0.460. The number of nitrogen functional groups attached to an aromatic ring is 1.